The van der Waals surface area contributed by atoms with Crippen molar-refractivity contribution < 1.29 is 72.7 Å². The maximum atomic E-state index is 14.0. The Balaban J connectivity index is 0.000000133. The van der Waals surface area contributed by atoms with Crippen molar-refractivity contribution in [2.75, 3.05) is 0 Å². The molecule has 3 aliphatic carbocycles. The molecule has 2 N–H and O–H groups in total. The van der Waals surface area contributed by atoms with Gasteiger partial charge in [-0.3, -0.25) is 33.1 Å². The van der Waals surface area contributed by atoms with E-state index in [9.17, 15) is 68.2 Å². The van der Waals surface area contributed by atoms with E-state index in [4.69, 9.17) is 9.62 Å². The number of H-pyrrole nitrogens is 1. The summed E-state index contributed by atoms with van der Waals surface area (Å²) in [6.07, 6.45) is 10.1. The smallest absolute Gasteiger partial charge is 0.435 e. The molecule has 742 valence electrons. The number of thiazole rings is 2. The molecular formula is C116H105F10N11O6S2. The second-order valence-corrected chi connectivity index (χ2v) is 39.3. The van der Waals surface area contributed by atoms with Crippen LogP contribution in [0.4, 0.5) is 43.9 Å². The molecule has 0 bridgehead atoms. The summed E-state index contributed by atoms with van der Waals surface area (Å²) in [4.78, 5) is 67.5. The summed E-state index contributed by atoms with van der Waals surface area (Å²) >= 11 is 2.90. The van der Waals surface area contributed by atoms with Gasteiger partial charge in [-0.1, -0.05) is 144 Å². The number of phenols is 1. The summed E-state index contributed by atoms with van der Waals surface area (Å²) in [6, 6.07) is 63.6. The number of halogens is 10. The molecule has 7 heterocycles. The highest BCUT2D eigenvalue weighted by molar-refractivity contribution is 7.13. The number of fused-ring (bicyclic) bond motifs is 4. The van der Waals surface area contributed by atoms with Crippen molar-refractivity contribution in [3.05, 3.63) is 413 Å². The van der Waals surface area contributed by atoms with Crippen LogP contribution >= 0.6 is 22.7 Å². The first kappa shape index (κ1) is 102. The van der Waals surface area contributed by atoms with Gasteiger partial charge in [-0.05, 0) is 275 Å². The fraction of sp³-hybridized carbons (Fsp3) is 0.267. The molecule has 0 aliphatic heterocycles. The third-order valence-electron chi connectivity index (χ3n) is 26.9. The maximum absolute atomic E-state index is 14.0. The van der Waals surface area contributed by atoms with Crippen molar-refractivity contribution in [2.45, 2.75) is 200 Å². The number of ketones is 4. The molecule has 0 radical (unpaired) electrons. The number of aryl methyl sites for hydroxylation is 5. The normalized spacial score (nSPS) is 13.5. The van der Waals surface area contributed by atoms with Crippen LogP contribution in [0.25, 0.3) is 54.2 Å². The minimum absolute atomic E-state index is 0.0233. The van der Waals surface area contributed by atoms with Crippen LogP contribution < -0.4 is 0 Å². The molecule has 7 aromatic heterocycles. The molecule has 4 atom stereocenters. The minimum Gasteiger partial charge on any atom is -0.508 e. The average molecular weight is 2000 g/mol. The zero-order valence-electron chi connectivity index (χ0n) is 80.5. The maximum Gasteiger partial charge on any atom is 0.435 e. The molecule has 3 unspecified atom stereocenters. The van der Waals surface area contributed by atoms with Gasteiger partial charge < -0.3 is 14.6 Å². The zero-order chi connectivity index (χ0) is 102. The molecule has 0 spiro atoms. The molecule has 3 aliphatic rings. The largest absolute Gasteiger partial charge is 0.508 e. The Morgan fingerprint density at radius 2 is 0.966 bits per heavy atom. The highest BCUT2D eigenvalue weighted by Gasteiger charge is 2.41. The second-order valence-electron chi connectivity index (χ2n) is 37.6. The predicted molar refractivity (Wildman–Crippen MR) is 541 cm³/mol. The van der Waals surface area contributed by atoms with Crippen molar-refractivity contribution >= 4 is 62.3 Å². The molecule has 0 fully saturated rings. The highest BCUT2D eigenvalue weighted by Crippen LogP contribution is 2.44. The number of phenolic OH excluding ortho intramolecular Hbond substituents is 1. The topological polar surface area (TPSA) is 222 Å². The third-order valence-corrected chi connectivity index (χ3v) is 28.7. The lowest BCUT2D eigenvalue weighted by molar-refractivity contribution is -0.142. The van der Waals surface area contributed by atoms with Gasteiger partial charge in [-0.2, -0.15) is 23.4 Å². The van der Waals surface area contributed by atoms with Crippen LogP contribution in [-0.4, -0.2) is 82.7 Å². The van der Waals surface area contributed by atoms with Crippen LogP contribution in [0.3, 0.4) is 0 Å². The van der Waals surface area contributed by atoms with Gasteiger partial charge in [0.1, 0.15) is 75.9 Å². The fourth-order valence-corrected chi connectivity index (χ4v) is 22.1. The Hall–Kier alpha value is -14.7. The number of Topliss-reactive ketones (excluding diaryl/α,β-unsaturated/α-hetero) is 4. The number of rotatable bonds is 32. The van der Waals surface area contributed by atoms with Crippen molar-refractivity contribution in [2.24, 2.45) is 0 Å². The molecule has 17 aromatic rings. The molecular weight excluding hydrogens is 1900 g/mol. The van der Waals surface area contributed by atoms with E-state index in [2.05, 4.69) is 71.2 Å². The third kappa shape index (κ3) is 25.2. The van der Waals surface area contributed by atoms with E-state index >= 15 is 0 Å². The van der Waals surface area contributed by atoms with Gasteiger partial charge in [0.15, 0.2) is 17.3 Å². The van der Waals surface area contributed by atoms with Gasteiger partial charge in [-0.25, -0.2) is 40.7 Å². The molecule has 0 amide bonds. The van der Waals surface area contributed by atoms with Crippen molar-refractivity contribution in [3.63, 3.8) is 0 Å². The lowest BCUT2D eigenvalue weighted by Crippen LogP contribution is -2.20. The van der Waals surface area contributed by atoms with E-state index in [0.717, 1.165) is 154 Å². The number of benzene rings is 10. The summed E-state index contributed by atoms with van der Waals surface area (Å²) in [5.41, 5.74) is 23.2. The summed E-state index contributed by atoms with van der Waals surface area (Å²) in [5.74, 6) is -4.36. The number of alkyl halides is 3. The number of aromatic amines is 1. The lowest BCUT2D eigenvalue weighted by Gasteiger charge is -2.19. The number of hydrogen-bond acceptors (Lipinski definition) is 15. The Morgan fingerprint density at radius 3 is 1.53 bits per heavy atom. The SMILES string of the molecule is Cc1ccc(-c2conc2[C@@H](CC(=O)CC2=CCc3ccc(F)cc32)Cc2cc(F)cc(F)c2)cc1.Cc1ccccc1-c1scnc1C(CC(=O)Cc1c[nH]c2ccc(O)cc12)Cc1cc(F)cc(F)c1.Cc1ccccc1-c1scnc1C(CC(=O)Cn1nc(C(F)(F)F)c2c1CCCC2)Cc1cc(F)cc(F)c1.Cc1nn(CC(=O)CC(Cc2ccccc2)c2nnc(C)n2-c2ccccc2)c2c1CCCC2. The number of nitrogens with zero attached hydrogens (tertiary/aromatic N) is 10. The Kier molecular flexibility index (Phi) is 32.2. The monoisotopic (exact) mass is 2000 g/mol. The molecule has 29 heteroatoms. The van der Waals surface area contributed by atoms with Crippen LogP contribution in [0.2, 0.25) is 0 Å². The Bertz CT molecular complexity index is 7500. The van der Waals surface area contributed by atoms with Crippen molar-refractivity contribution in [1.29, 1.82) is 0 Å². The number of allylic oxidation sites excluding steroid dienone is 2. The van der Waals surface area contributed by atoms with Crippen LogP contribution in [0.5, 0.6) is 5.75 Å². The first-order valence-corrected chi connectivity index (χ1v) is 50.1. The van der Waals surface area contributed by atoms with Gasteiger partial charge in [0, 0.05) is 126 Å². The fourth-order valence-electron chi connectivity index (χ4n) is 20.2. The van der Waals surface area contributed by atoms with E-state index in [1.807, 2.05) is 148 Å². The van der Waals surface area contributed by atoms with E-state index in [-0.39, 0.29) is 116 Å². The number of aromatic hydroxyl groups is 1. The van der Waals surface area contributed by atoms with Gasteiger partial charge in [-0.15, -0.1) is 32.9 Å². The van der Waals surface area contributed by atoms with Gasteiger partial charge in [0.2, 0.25) is 0 Å². The standard InChI is InChI=1S/C30H24F3NO2.C29H26F5N3OS.C29H24F2N2O2S.C28H31N5O/c1-18-2-4-21(5-3-18)29-17-36-34-30(29)23(10-19-11-25(32)15-26(33)12-19)14-27(35)13-22-7-6-20-8-9-24(31)16-28(20)22;1-17-6-2-3-7-23(17)27-26(35-16-39-27)19(10-18-11-20(30)14-21(31)12-18)13-22(38)15-37-25-9-5-4-8-24(25)28(36-37)29(32,33)34;1-17-4-2-3-5-25(17)29-28(33-16-36-29)19(8-18-9-21(30)13-22(31)10-18)11-24(35)12-20-15-32-27-7-6-23(34)14-26(20)27;1-20-26-15-9-10-16-27(26)32(31-20)19-25(34)18-23(17-22-11-5-3-6-12-22)28-30-29-21(2)33(28)24-13-7-4-8-14-24/h2-5,7-9,11-12,15-17,23H,6,10,13-14H2,1H3;2-3,6-7,11-12,14,16,19H,4-5,8-10,13,15H2,1H3;2-7,9-10,13-16,19,32,34H,8,11-12H2,1H3;3-8,11-14,23H,9-10,15-19H2,1-2H3/t23-;;;/m1.../s1. The molecule has 10 aromatic carbocycles. The van der Waals surface area contributed by atoms with E-state index in [1.165, 1.54) is 112 Å². The van der Waals surface area contributed by atoms with E-state index in [1.54, 1.807) is 41.5 Å². The number of hydrogen-bond donors (Lipinski definition) is 2. The Labute approximate surface area is 840 Å². The number of aromatic nitrogens is 11. The molecule has 0 saturated carbocycles. The molecule has 20 rings (SSSR count). The van der Waals surface area contributed by atoms with Gasteiger partial charge in [0.05, 0.1) is 56.6 Å². The number of carbonyl (C=O) groups is 4. The van der Waals surface area contributed by atoms with Crippen LogP contribution in [-0.2, 0) is 103 Å². The number of para-hydroxylation sites is 1. The van der Waals surface area contributed by atoms with E-state index < -0.39 is 58.6 Å². The number of carbonyl (C=O) groups excluding carboxylic acids is 4. The second kappa shape index (κ2) is 45.9. The lowest BCUT2D eigenvalue weighted by atomic mass is 9.86. The minimum atomic E-state index is -4.59. The number of nitrogens with one attached hydrogen (secondary N) is 1. The van der Waals surface area contributed by atoms with Crippen LogP contribution in [0.15, 0.2) is 259 Å². The van der Waals surface area contributed by atoms with Gasteiger partial charge in [0.25, 0.3) is 0 Å². The molecule has 17 nitrogen and oxygen atoms in total. The quantitative estimate of drug-likeness (QED) is 0.0375. The predicted octanol–water partition coefficient (Wildman–Crippen LogP) is 26.9. The van der Waals surface area contributed by atoms with Crippen molar-refractivity contribution in [1.82, 2.24) is 54.4 Å². The first-order chi connectivity index (χ1) is 69.9. The summed E-state index contributed by atoms with van der Waals surface area (Å²) in [7, 11) is 0. The summed E-state index contributed by atoms with van der Waals surface area (Å²) in [5, 5.41) is 32.4. The summed E-state index contributed by atoms with van der Waals surface area (Å²) in [6.45, 7) is 10.0. The average Bonchev–Trinajstić information content (AvgIpc) is 2.00. The Morgan fingerprint density at radius 1 is 0.469 bits per heavy atom. The highest BCUT2D eigenvalue weighted by atomic mass is 32.1. The van der Waals surface area contributed by atoms with Crippen LogP contribution in [0, 0.1) is 75.3 Å². The molecule has 0 saturated heterocycles. The van der Waals surface area contributed by atoms with Crippen LogP contribution in [0.1, 0.15) is 200 Å². The summed E-state index contributed by atoms with van der Waals surface area (Å²) < 4.78 is 149. The van der Waals surface area contributed by atoms with E-state index in [0.29, 0.717) is 66.0 Å². The zero-order valence-corrected chi connectivity index (χ0v) is 82.1. The van der Waals surface area contributed by atoms with Crippen molar-refractivity contribution in [3.8, 4) is 43.4 Å². The van der Waals surface area contributed by atoms with Gasteiger partial charge >= 0.3 is 6.18 Å². The first-order valence-electron chi connectivity index (χ1n) is 48.3. The molecule has 145 heavy (non-hydrogen) atoms.